The highest BCUT2D eigenvalue weighted by Gasteiger charge is 2.34. The molecule has 2 fully saturated rings. The zero-order valence-corrected chi connectivity index (χ0v) is 16.5. The number of likely N-dealkylation sites (tertiary alicyclic amines) is 1. The zero-order valence-electron chi connectivity index (χ0n) is 14.1. The molecule has 0 bridgehead atoms. The van der Waals surface area contributed by atoms with Gasteiger partial charge in [-0.05, 0) is 51.5 Å². The number of halogens is 1. The van der Waals surface area contributed by atoms with E-state index in [2.05, 4.69) is 20.5 Å². The van der Waals surface area contributed by atoms with Crippen molar-refractivity contribution < 1.29 is 4.74 Å². The largest absolute Gasteiger partial charge is 0.382 e. The Morgan fingerprint density at radius 3 is 2.73 bits per heavy atom. The highest BCUT2D eigenvalue weighted by Crippen LogP contribution is 2.31. The fourth-order valence-corrected chi connectivity index (χ4v) is 2.94. The van der Waals surface area contributed by atoms with E-state index >= 15 is 0 Å². The number of hydrogen-bond acceptors (Lipinski definition) is 3. The van der Waals surface area contributed by atoms with E-state index in [0.717, 1.165) is 57.1 Å². The third-order valence-electron chi connectivity index (χ3n) is 4.37. The molecular weight excluding hydrogens is 391 g/mol. The lowest BCUT2D eigenvalue weighted by molar-refractivity contribution is 0.143. The predicted octanol–water partition coefficient (Wildman–Crippen LogP) is 2.07. The standard InChI is InChI=1S/C16H32N4O.HI/c1-3-21-11-5-4-9-18-16(17-2)19-12-14-8-10-20(13-14)15-6-7-15;/h14-15H,3-13H2,1-2H3,(H2,17,18,19);1H. The minimum absolute atomic E-state index is 0. The normalized spacial score (nSPS) is 22.5. The molecule has 2 aliphatic rings. The van der Waals surface area contributed by atoms with Crippen LogP contribution in [0.2, 0.25) is 0 Å². The highest BCUT2D eigenvalue weighted by molar-refractivity contribution is 14.0. The second-order valence-electron chi connectivity index (χ2n) is 6.16. The van der Waals surface area contributed by atoms with E-state index in [9.17, 15) is 0 Å². The van der Waals surface area contributed by atoms with Gasteiger partial charge in [-0.2, -0.15) is 0 Å². The summed E-state index contributed by atoms with van der Waals surface area (Å²) >= 11 is 0. The fourth-order valence-electron chi connectivity index (χ4n) is 2.94. The molecule has 22 heavy (non-hydrogen) atoms. The third-order valence-corrected chi connectivity index (χ3v) is 4.37. The molecule has 1 unspecified atom stereocenters. The molecule has 1 saturated carbocycles. The van der Waals surface area contributed by atoms with Gasteiger partial charge in [0.25, 0.3) is 0 Å². The van der Waals surface area contributed by atoms with Crippen LogP contribution in [0.3, 0.4) is 0 Å². The van der Waals surface area contributed by atoms with Gasteiger partial charge >= 0.3 is 0 Å². The first-order valence-corrected chi connectivity index (χ1v) is 8.59. The monoisotopic (exact) mass is 424 g/mol. The van der Waals surface area contributed by atoms with Crippen molar-refractivity contribution in [1.82, 2.24) is 15.5 Å². The molecule has 1 aliphatic carbocycles. The summed E-state index contributed by atoms with van der Waals surface area (Å²) in [5.41, 5.74) is 0. The van der Waals surface area contributed by atoms with Crippen LogP contribution in [0.15, 0.2) is 4.99 Å². The lowest BCUT2D eigenvalue weighted by atomic mass is 10.1. The van der Waals surface area contributed by atoms with Crippen LogP contribution in [-0.4, -0.2) is 63.3 Å². The van der Waals surface area contributed by atoms with E-state index in [-0.39, 0.29) is 24.0 Å². The van der Waals surface area contributed by atoms with E-state index in [1.807, 2.05) is 14.0 Å². The highest BCUT2D eigenvalue weighted by atomic mass is 127. The molecular formula is C16H33IN4O. The van der Waals surface area contributed by atoms with Gasteiger partial charge in [-0.15, -0.1) is 24.0 Å². The van der Waals surface area contributed by atoms with Crippen LogP contribution in [0.25, 0.3) is 0 Å². The first-order chi connectivity index (χ1) is 10.3. The summed E-state index contributed by atoms with van der Waals surface area (Å²) in [5.74, 6) is 1.72. The quantitative estimate of drug-likeness (QED) is 0.258. The molecule has 0 spiro atoms. The molecule has 0 radical (unpaired) electrons. The molecule has 1 aliphatic heterocycles. The van der Waals surface area contributed by atoms with Crippen LogP contribution in [-0.2, 0) is 4.74 Å². The smallest absolute Gasteiger partial charge is 0.190 e. The van der Waals surface area contributed by atoms with E-state index in [0.29, 0.717) is 0 Å². The van der Waals surface area contributed by atoms with E-state index in [1.165, 1.54) is 32.4 Å². The minimum Gasteiger partial charge on any atom is -0.382 e. The predicted molar refractivity (Wildman–Crippen MR) is 103 cm³/mol. The molecule has 0 aromatic rings. The second-order valence-corrected chi connectivity index (χ2v) is 6.16. The van der Waals surface area contributed by atoms with Gasteiger partial charge in [0, 0.05) is 45.9 Å². The van der Waals surface area contributed by atoms with Crippen molar-refractivity contribution in [1.29, 1.82) is 0 Å². The third kappa shape index (κ3) is 7.46. The number of nitrogens with zero attached hydrogens (tertiary/aromatic N) is 2. The average molecular weight is 424 g/mol. The number of nitrogens with one attached hydrogen (secondary N) is 2. The van der Waals surface area contributed by atoms with Crippen molar-refractivity contribution in [3.05, 3.63) is 0 Å². The maximum absolute atomic E-state index is 5.34. The average Bonchev–Trinajstić information content (AvgIpc) is 3.25. The molecule has 1 heterocycles. The van der Waals surface area contributed by atoms with E-state index in [1.54, 1.807) is 0 Å². The molecule has 0 amide bonds. The molecule has 0 aromatic carbocycles. The minimum atomic E-state index is 0. The van der Waals surface area contributed by atoms with Crippen LogP contribution in [0.4, 0.5) is 0 Å². The van der Waals surface area contributed by atoms with Crippen molar-refractivity contribution in [3.63, 3.8) is 0 Å². The summed E-state index contributed by atoms with van der Waals surface area (Å²) in [6.45, 7) is 8.29. The Labute approximate surface area is 152 Å². The fraction of sp³-hybridized carbons (Fsp3) is 0.938. The van der Waals surface area contributed by atoms with Crippen molar-refractivity contribution in [2.45, 2.75) is 45.1 Å². The first kappa shape index (κ1) is 20.0. The summed E-state index contributed by atoms with van der Waals surface area (Å²) in [4.78, 5) is 6.96. The van der Waals surface area contributed by atoms with Crippen LogP contribution in [0.5, 0.6) is 0 Å². The molecule has 2 N–H and O–H groups in total. The van der Waals surface area contributed by atoms with Crippen LogP contribution < -0.4 is 10.6 Å². The van der Waals surface area contributed by atoms with Gasteiger partial charge in [-0.3, -0.25) is 4.99 Å². The van der Waals surface area contributed by atoms with Crippen molar-refractivity contribution >= 4 is 29.9 Å². The number of hydrogen-bond donors (Lipinski definition) is 2. The van der Waals surface area contributed by atoms with Crippen LogP contribution in [0, 0.1) is 5.92 Å². The van der Waals surface area contributed by atoms with Gasteiger partial charge in [-0.25, -0.2) is 0 Å². The number of rotatable bonds is 9. The van der Waals surface area contributed by atoms with Crippen LogP contribution >= 0.6 is 24.0 Å². The van der Waals surface area contributed by atoms with Gasteiger partial charge in [0.15, 0.2) is 5.96 Å². The summed E-state index contributed by atoms with van der Waals surface area (Å²) < 4.78 is 5.34. The number of aliphatic imine (C=N–C) groups is 1. The SMILES string of the molecule is CCOCCCCNC(=NC)NCC1CCN(C2CC2)C1.I. The van der Waals surface area contributed by atoms with E-state index < -0.39 is 0 Å². The van der Waals surface area contributed by atoms with Gasteiger partial charge in [-0.1, -0.05) is 0 Å². The Balaban J connectivity index is 0.00000242. The topological polar surface area (TPSA) is 48.9 Å². The number of guanidine groups is 1. The number of ether oxygens (including phenoxy) is 1. The summed E-state index contributed by atoms with van der Waals surface area (Å²) in [7, 11) is 1.85. The van der Waals surface area contributed by atoms with Gasteiger partial charge < -0.3 is 20.3 Å². The summed E-state index contributed by atoms with van der Waals surface area (Å²) in [6, 6.07) is 0.915. The molecule has 130 valence electrons. The van der Waals surface area contributed by atoms with Crippen LogP contribution in [0.1, 0.15) is 39.0 Å². The molecule has 6 heteroatoms. The van der Waals surface area contributed by atoms with Crippen molar-refractivity contribution in [2.24, 2.45) is 10.9 Å². The van der Waals surface area contributed by atoms with Crippen molar-refractivity contribution in [2.75, 3.05) is 46.4 Å². The summed E-state index contributed by atoms with van der Waals surface area (Å²) in [6.07, 6.45) is 6.40. The second kappa shape index (κ2) is 11.5. The Morgan fingerprint density at radius 2 is 2.05 bits per heavy atom. The Morgan fingerprint density at radius 1 is 1.23 bits per heavy atom. The van der Waals surface area contributed by atoms with Crippen molar-refractivity contribution in [3.8, 4) is 0 Å². The Kier molecular flexibility index (Phi) is 10.4. The van der Waals surface area contributed by atoms with Gasteiger partial charge in [0.05, 0.1) is 0 Å². The lowest BCUT2D eigenvalue weighted by Crippen LogP contribution is -2.40. The van der Waals surface area contributed by atoms with Gasteiger partial charge in [0.2, 0.25) is 0 Å². The Bertz CT molecular complexity index is 323. The molecule has 1 saturated heterocycles. The first-order valence-electron chi connectivity index (χ1n) is 8.59. The maximum Gasteiger partial charge on any atom is 0.190 e. The van der Waals surface area contributed by atoms with E-state index in [4.69, 9.17) is 4.74 Å². The lowest BCUT2D eigenvalue weighted by Gasteiger charge is -2.17. The zero-order chi connectivity index (χ0) is 14.9. The molecule has 2 rings (SSSR count). The summed E-state index contributed by atoms with van der Waals surface area (Å²) in [5, 5.41) is 6.86. The molecule has 0 aromatic heterocycles. The molecule has 5 nitrogen and oxygen atoms in total. The molecule has 1 atom stereocenters. The maximum atomic E-state index is 5.34. The number of unbranched alkanes of at least 4 members (excludes halogenated alkanes) is 1. The van der Waals surface area contributed by atoms with Gasteiger partial charge in [0.1, 0.15) is 0 Å². The Hall–Kier alpha value is -0.0800.